The van der Waals surface area contributed by atoms with Gasteiger partial charge >= 0.3 is 0 Å². The van der Waals surface area contributed by atoms with Gasteiger partial charge in [-0.15, -0.1) is 0 Å². The van der Waals surface area contributed by atoms with Crippen LogP contribution in [0.15, 0.2) is 23.3 Å². The lowest BCUT2D eigenvalue weighted by atomic mass is 10.4. The molecule has 0 saturated heterocycles. The molecule has 0 unspecified atom stereocenters. The molecule has 1 N–H and O–H groups in total. The summed E-state index contributed by atoms with van der Waals surface area (Å²) in [7, 11) is 0. The third-order valence-electron chi connectivity index (χ3n) is 2.06. The first-order valence-electron chi connectivity index (χ1n) is 5.72. The molecular formula is C11H15N5O2. The summed E-state index contributed by atoms with van der Waals surface area (Å²) in [6.07, 6.45) is 3.54. The molecule has 0 spiro atoms. The molecule has 96 valence electrons. The van der Waals surface area contributed by atoms with Crippen molar-refractivity contribution in [1.29, 1.82) is 0 Å². The average Bonchev–Trinajstić information content (AvgIpc) is 2.82. The number of hydrogen-bond donors (Lipinski definition) is 1. The van der Waals surface area contributed by atoms with Gasteiger partial charge in [-0.3, -0.25) is 0 Å². The Kier molecular flexibility index (Phi) is 4.06. The van der Waals surface area contributed by atoms with Gasteiger partial charge in [0.15, 0.2) is 5.82 Å². The van der Waals surface area contributed by atoms with Crippen LogP contribution in [0.2, 0.25) is 0 Å². The first-order chi connectivity index (χ1) is 8.74. The lowest BCUT2D eigenvalue weighted by molar-refractivity contribution is 0.232. The van der Waals surface area contributed by atoms with Crippen molar-refractivity contribution in [2.45, 2.75) is 26.4 Å². The van der Waals surface area contributed by atoms with Gasteiger partial charge in [0.1, 0.15) is 12.1 Å². The van der Waals surface area contributed by atoms with E-state index >= 15 is 0 Å². The van der Waals surface area contributed by atoms with Crippen LogP contribution in [0.4, 0.5) is 5.82 Å². The predicted molar refractivity (Wildman–Crippen MR) is 64.3 cm³/mol. The van der Waals surface area contributed by atoms with E-state index in [4.69, 9.17) is 4.74 Å². The fraction of sp³-hybridized carbons (Fsp3) is 0.455. The second-order valence-electron chi connectivity index (χ2n) is 3.93. The quantitative estimate of drug-likeness (QED) is 0.825. The first kappa shape index (κ1) is 12.3. The lowest BCUT2D eigenvalue weighted by Gasteiger charge is -2.09. The third kappa shape index (κ3) is 3.69. The number of aromatic nitrogens is 4. The Balaban J connectivity index is 1.85. The molecule has 0 aliphatic carbocycles. The number of nitrogens with zero attached hydrogens (tertiary/aromatic N) is 4. The maximum atomic E-state index is 5.48. The van der Waals surface area contributed by atoms with Crippen LogP contribution in [0.1, 0.15) is 19.7 Å². The minimum Gasteiger partial charge on any atom is -0.475 e. The van der Waals surface area contributed by atoms with Crippen molar-refractivity contribution in [3.8, 4) is 5.88 Å². The second kappa shape index (κ2) is 5.95. The largest absolute Gasteiger partial charge is 0.475 e. The zero-order valence-electron chi connectivity index (χ0n) is 10.3. The topological polar surface area (TPSA) is 86.0 Å². The summed E-state index contributed by atoms with van der Waals surface area (Å²) in [4.78, 5) is 12.1. The normalized spacial score (nSPS) is 10.6. The van der Waals surface area contributed by atoms with Crippen LogP contribution < -0.4 is 10.1 Å². The molecule has 0 radical (unpaired) electrons. The van der Waals surface area contributed by atoms with Gasteiger partial charge in [-0.1, -0.05) is 5.16 Å². The summed E-state index contributed by atoms with van der Waals surface area (Å²) in [6.45, 7) is 4.56. The van der Waals surface area contributed by atoms with E-state index in [0.29, 0.717) is 30.5 Å². The molecular weight excluding hydrogens is 234 g/mol. The maximum Gasteiger partial charge on any atom is 0.218 e. The third-order valence-corrected chi connectivity index (χ3v) is 2.06. The van der Waals surface area contributed by atoms with E-state index in [1.807, 2.05) is 13.8 Å². The van der Waals surface area contributed by atoms with Crippen molar-refractivity contribution >= 4 is 5.82 Å². The number of rotatable bonds is 6. The van der Waals surface area contributed by atoms with Gasteiger partial charge in [-0.25, -0.2) is 9.97 Å². The Labute approximate surface area is 105 Å². The van der Waals surface area contributed by atoms with Crippen LogP contribution in [0.5, 0.6) is 5.88 Å². The Morgan fingerprint density at radius 3 is 2.94 bits per heavy atom. The highest BCUT2D eigenvalue weighted by Crippen LogP contribution is 2.12. The molecule has 0 amide bonds. The van der Waals surface area contributed by atoms with Crippen LogP contribution in [0.25, 0.3) is 0 Å². The number of anilines is 1. The molecule has 18 heavy (non-hydrogen) atoms. The van der Waals surface area contributed by atoms with Crippen molar-refractivity contribution in [2.24, 2.45) is 0 Å². The van der Waals surface area contributed by atoms with E-state index in [2.05, 4.69) is 29.9 Å². The average molecular weight is 249 g/mol. The molecule has 7 heteroatoms. The zero-order chi connectivity index (χ0) is 12.8. The highest BCUT2D eigenvalue weighted by Gasteiger charge is 2.02. The van der Waals surface area contributed by atoms with Gasteiger partial charge in [-0.05, 0) is 13.8 Å². The van der Waals surface area contributed by atoms with E-state index < -0.39 is 0 Å². The fourth-order valence-electron chi connectivity index (χ4n) is 1.35. The molecule has 0 bridgehead atoms. The molecule has 0 saturated carbocycles. The zero-order valence-corrected chi connectivity index (χ0v) is 10.3. The SMILES string of the molecule is CC(C)Oc1cc(NCCc2ncon2)ncn1. The molecule has 0 aliphatic heterocycles. The summed E-state index contributed by atoms with van der Waals surface area (Å²) in [5.41, 5.74) is 0. The van der Waals surface area contributed by atoms with Crippen molar-refractivity contribution in [1.82, 2.24) is 20.1 Å². The summed E-state index contributed by atoms with van der Waals surface area (Å²) in [5.74, 6) is 1.93. The molecule has 0 atom stereocenters. The Morgan fingerprint density at radius 2 is 2.22 bits per heavy atom. The van der Waals surface area contributed by atoms with Crippen molar-refractivity contribution in [3.05, 3.63) is 24.6 Å². The van der Waals surface area contributed by atoms with E-state index in [9.17, 15) is 0 Å². The minimum absolute atomic E-state index is 0.0899. The van der Waals surface area contributed by atoms with E-state index in [1.165, 1.54) is 12.7 Å². The predicted octanol–water partition coefficient (Wildman–Crippen LogP) is 1.30. The Hall–Kier alpha value is -2.18. The standard InChI is InChI=1S/C11H15N5O2/c1-8(2)18-11-5-10(13-6-14-11)12-4-3-9-15-7-17-16-9/h5-8H,3-4H2,1-2H3,(H,12,13,14). The van der Waals surface area contributed by atoms with E-state index in [-0.39, 0.29) is 6.10 Å². The molecule has 0 aromatic carbocycles. The number of hydrogen-bond acceptors (Lipinski definition) is 7. The highest BCUT2D eigenvalue weighted by molar-refractivity contribution is 5.37. The highest BCUT2D eigenvalue weighted by atomic mass is 16.5. The van der Waals surface area contributed by atoms with Crippen molar-refractivity contribution in [3.63, 3.8) is 0 Å². The van der Waals surface area contributed by atoms with Gasteiger partial charge in [0.25, 0.3) is 0 Å². The first-order valence-corrected chi connectivity index (χ1v) is 5.72. The minimum atomic E-state index is 0.0899. The second-order valence-corrected chi connectivity index (χ2v) is 3.93. The molecule has 2 rings (SSSR count). The van der Waals surface area contributed by atoms with Crippen LogP contribution >= 0.6 is 0 Å². The van der Waals surface area contributed by atoms with Gasteiger partial charge in [-0.2, -0.15) is 4.98 Å². The summed E-state index contributed by atoms with van der Waals surface area (Å²) in [6, 6.07) is 1.76. The molecule has 0 fully saturated rings. The van der Waals surface area contributed by atoms with Crippen LogP contribution in [0, 0.1) is 0 Å². The summed E-state index contributed by atoms with van der Waals surface area (Å²) >= 11 is 0. The van der Waals surface area contributed by atoms with Gasteiger partial charge in [0.2, 0.25) is 12.3 Å². The van der Waals surface area contributed by atoms with Gasteiger partial charge in [0, 0.05) is 19.0 Å². The Bertz CT molecular complexity index is 472. The van der Waals surface area contributed by atoms with Gasteiger partial charge < -0.3 is 14.6 Å². The lowest BCUT2D eigenvalue weighted by Crippen LogP contribution is -2.10. The maximum absolute atomic E-state index is 5.48. The molecule has 2 aromatic heterocycles. The fourth-order valence-corrected chi connectivity index (χ4v) is 1.35. The number of ether oxygens (including phenoxy) is 1. The van der Waals surface area contributed by atoms with E-state index in [1.54, 1.807) is 6.07 Å². The molecule has 2 aromatic rings. The molecule has 0 aliphatic rings. The van der Waals surface area contributed by atoms with Crippen LogP contribution in [-0.4, -0.2) is 32.8 Å². The van der Waals surface area contributed by atoms with Crippen LogP contribution in [0.3, 0.4) is 0 Å². The van der Waals surface area contributed by atoms with Gasteiger partial charge in [0.05, 0.1) is 6.10 Å². The summed E-state index contributed by atoms with van der Waals surface area (Å²) < 4.78 is 10.1. The molecule has 7 nitrogen and oxygen atoms in total. The Morgan fingerprint density at radius 1 is 1.33 bits per heavy atom. The van der Waals surface area contributed by atoms with Crippen molar-refractivity contribution in [2.75, 3.05) is 11.9 Å². The monoisotopic (exact) mass is 249 g/mol. The van der Waals surface area contributed by atoms with E-state index in [0.717, 1.165) is 0 Å². The molecule has 2 heterocycles. The van der Waals surface area contributed by atoms with Crippen LogP contribution in [-0.2, 0) is 6.42 Å². The number of nitrogens with one attached hydrogen (secondary N) is 1. The summed E-state index contributed by atoms with van der Waals surface area (Å²) in [5, 5.41) is 6.86. The smallest absolute Gasteiger partial charge is 0.218 e. The van der Waals surface area contributed by atoms with Crippen molar-refractivity contribution < 1.29 is 9.26 Å².